The van der Waals surface area contributed by atoms with Gasteiger partial charge in [-0.2, -0.15) is 23.0 Å². The minimum atomic E-state index is -4.69. The summed E-state index contributed by atoms with van der Waals surface area (Å²) < 4.78 is 96.7. The molecule has 1 aliphatic carbocycles. The van der Waals surface area contributed by atoms with E-state index in [1.165, 1.54) is 6.92 Å². The fraction of sp³-hybridized carbons (Fsp3) is 0.350. The molecule has 1 saturated carbocycles. The molecule has 176 valence electrons. The Balaban J connectivity index is 1.83. The smallest absolute Gasteiger partial charge is 0.416 e. The third kappa shape index (κ3) is 4.41. The van der Waals surface area contributed by atoms with E-state index in [1.54, 1.807) is 0 Å². The number of pyridine rings is 1. The van der Waals surface area contributed by atoms with Crippen molar-refractivity contribution in [2.24, 2.45) is 0 Å². The average molecular weight is 489 g/mol. The molecule has 1 fully saturated rings. The van der Waals surface area contributed by atoms with Crippen LogP contribution in [-0.2, 0) is 16.0 Å². The third-order valence-electron chi connectivity index (χ3n) is 5.19. The Hall–Kier alpha value is -3.09. The van der Waals surface area contributed by atoms with Gasteiger partial charge in [0.2, 0.25) is 0 Å². The van der Waals surface area contributed by atoms with Gasteiger partial charge in [-0.15, -0.1) is 0 Å². The highest BCUT2D eigenvalue weighted by molar-refractivity contribution is 7.91. The number of ether oxygens (including phenoxy) is 1. The summed E-state index contributed by atoms with van der Waals surface area (Å²) in [5.74, 6) is -3.78. The molecule has 0 radical (unpaired) electrons. The van der Waals surface area contributed by atoms with Gasteiger partial charge >= 0.3 is 6.18 Å². The predicted molar refractivity (Wildman–Crippen MR) is 106 cm³/mol. The zero-order valence-electron chi connectivity index (χ0n) is 16.9. The van der Waals surface area contributed by atoms with Crippen molar-refractivity contribution in [2.45, 2.75) is 42.9 Å². The van der Waals surface area contributed by atoms with Crippen molar-refractivity contribution in [3.8, 4) is 11.6 Å². The van der Waals surface area contributed by atoms with Crippen molar-refractivity contribution in [3.05, 3.63) is 52.6 Å². The topological polar surface area (TPSA) is 91.2 Å². The normalized spacial score (nSPS) is 16.5. The van der Waals surface area contributed by atoms with Crippen LogP contribution in [0.4, 0.5) is 22.0 Å². The fourth-order valence-electron chi connectivity index (χ4n) is 3.38. The molecular formula is C20H16F5N3O4S. The molecule has 4 rings (SSSR count). The molecule has 1 aromatic carbocycles. The van der Waals surface area contributed by atoms with Crippen LogP contribution in [0.25, 0.3) is 16.6 Å². The van der Waals surface area contributed by atoms with Crippen molar-refractivity contribution in [2.75, 3.05) is 5.75 Å². The van der Waals surface area contributed by atoms with E-state index in [0.29, 0.717) is 10.7 Å². The Morgan fingerprint density at radius 1 is 1.18 bits per heavy atom. The molecule has 2 heterocycles. The summed E-state index contributed by atoms with van der Waals surface area (Å²) in [7, 11) is -4.02. The second kappa shape index (κ2) is 7.75. The Morgan fingerprint density at radius 2 is 1.88 bits per heavy atom. The molecule has 33 heavy (non-hydrogen) atoms. The number of sulfone groups is 1. The Kier molecular flexibility index (Phi) is 5.42. The molecule has 3 aromatic rings. The van der Waals surface area contributed by atoms with Gasteiger partial charge in [-0.3, -0.25) is 4.79 Å². The molecule has 0 saturated heterocycles. The van der Waals surface area contributed by atoms with E-state index in [0.717, 1.165) is 30.6 Å². The number of alkyl halides is 5. The highest BCUT2D eigenvalue weighted by atomic mass is 32.2. The number of nitrogens with zero attached hydrogens (tertiary/aromatic N) is 3. The van der Waals surface area contributed by atoms with Gasteiger partial charge in [-0.05, 0) is 12.1 Å². The van der Waals surface area contributed by atoms with E-state index < -0.39 is 68.5 Å². The second-order valence-electron chi connectivity index (χ2n) is 7.56. The first-order valence-corrected chi connectivity index (χ1v) is 11.3. The lowest BCUT2D eigenvalue weighted by molar-refractivity contribution is -0.137. The number of hydrogen-bond donors (Lipinski definition) is 0. The molecule has 7 nitrogen and oxygen atoms in total. The van der Waals surface area contributed by atoms with E-state index in [-0.39, 0.29) is 16.5 Å². The van der Waals surface area contributed by atoms with Crippen LogP contribution >= 0.6 is 0 Å². The quantitative estimate of drug-likeness (QED) is 0.507. The van der Waals surface area contributed by atoms with Crippen LogP contribution in [0.1, 0.15) is 25.3 Å². The van der Waals surface area contributed by atoms with E-state index in [9.17, 15) is 35.2 Å². The minimum Gasteiger partial charge on any atom is -0.488 e. The van der Waals surface area contributed by atoms with Gasteiger partial charge in [0.1, 0.15) is 16.7 Å². The maximum absolute atomic E-state index is 13.1. The summed E-state index contributed by atoms with van der Waals surface area (Å²) in [5, 5.41) is 3.66. The second-order valence-corrected chi connectivity index (χ2v) is 9.81. The van der Waals surface area contributed by atoms with Crippen molar-refractivity contribution in [1.82, 2.24) is 14.8 Å². The Bertz CT molecular complexity index is 1400. The van der Waals surface area contributed by atoms with E-state index in [1.807, 2.05) is 0 Å². The molecule has 2 aromatic heterocycles. The van der Waals surface area contributed by atoms with Crippen molar-refractivity contribution in [3.63, 3.8) is 0 Å². The summed E-state index contributed by atoms with van der Waals surface area (Å²) in [6, 6.07) is 3.58. The molecule has 13 heteroatoms. The first kappa shape index (κ1) is 23.1. The van der Waals surface area contributed by atoms with Gasteiger partial charge < -0.3 is 4.74 Å². The van der Waals surface area contributed by atoms with Gasteiger partial charge in [-0.25, -0.2) is 22.2 Å². The average Bonchev–Trinajstić information content (AvgIpc) is 2.72. The molecular weight excluding hydrogens is 473 g/mol. The third-order valence-corrected chi connectivity index (χ3v) is 6.93. The molecule has 0 unspecified atom stereocenters. The SMILES string of the molecule is CCS(=O)(=O)c1cc(OC2CC(F)(F)C2)cnc1-n1ncc2ccc(C(F)(F)F)cc2c1=O. The van der Waals surface area contributed by atoms with Gasteiger partial charge in [0.25, 0.3) is 11.5 Å². The highest BCUT2D eigenvalue weighted by Gasteiger charge is 2.47. The lowest BCUT2D eigenvalue weighted by atomic mass is 9.91. The first-order valence-electron chi connectivity index (χ1n) is 9.68. The highest BCUT2D eigenvalue weighted by Crippen LogP contribution is 2.40. The largest absolute Gasteiger partial charge is 0.488 e. The lowest BCUT2D eigenvalue weighted by Gasteiger charge is -2.34. The van der Waals surface area contributed by atoms with Crippen LogP contribution in [0.5, 0.6) is 5.75 Å². The van der Waals surface area contributed by atoms with Crippen LogP contribution in [0, 0.1) is 0 Å². The van der Waals surface area contributed by atoms with Gasteiger partial charge in [0, 0.05) is 24.3 Å². The maximum Gasteiger partial charge on any atom is 0.416 e. The Morgan fingerprint density at radius 3 is 2.48 bits per heavy atom. The van der Waals surface area contributed by atoms with Crippen molar-refractivity contribution >= 4 is 20.6 Å². The van der Waals surface area contributed by atoms with Gasteiger partial charge in [0.05, 0.1) is 29.1 Å². The van der Waals surface area contributed by atoms with Crippen LogP contribution in [-0.4, -0.2) is 41.0 Å². The van der Waals surface area contributed by atoms with Gasteiger partial charge in [-0.1, -0.05) is 13.0 Å². The zero-order valence-corrected chi connectivity index (χ0v) is 17.8. The number of halogens is 5. The predicted octanol–water partition coefficient (Wildman–Crippen LogP) is 3.77. The summed E-state index contributed by atoms with van der Waals surface area (Å²) in [4.78, 5) is 16.4. The van der Waals surface area contributed by atoms with E-state index in [2.05, 4.69) is 10.1 Å². The molecule has 0 amide bonds. The Labute approximate surface area is 183 Å². The molecule has 0 spiro atoms. The monoisotopic (exact) mass is 489 g/mol. The number of aromatic nitrogens is 3. The van der Waals surface area contributed by atoms with Crippen LogP contribution < -0.4 is 10.3 Å². The maximum atomic E-state index is 13.1. The molecule has 0 aliphatic heterocycles. The summed E-state index contributed by atoms with van der Waals surface area (Å²) in [6.45, 7) is 1.34. The molecule has 0 N–H and O–H groups in total. The number of benzene rings is 1. The number of rotatable bonds is 5. The van der Waals surface area contributed by atoms with E-state index in [4.69, 9.17) is 4.74 Å². The molecule has 0 atom stereocenters. The summed E-state index contributed by atoms with van der Waals surface area (Å²) in [5.41, 5.74) is -2.06. The minimum absolute atomic E-state index is 0.0977. The summed E-state index contributed by atoms with van der Waals surface area (Å²) in [6.07, 6.45) is -4.42. The fourth-order valence-corrected chi connectivity index (χ4v) is 4.40. The number of hydrogen-bond acceptors (Lipinski definition) is 6. The standard InChI is InChI=1S/C20H16F5N3O4S/c1-2-33(30,31)16-6-13(32-14-7-19(21,22)8-14)10-26-17(16)28-18(29)15-5-12(20(23,24)25)4-3-11(15)9-27-28/h3-6,9-10,14H,2,7-8H2,1H3. The van der Waals surface area contributed by atoms with Crippen LogP contribution in [0.3, 0.4) is 0 Å². The molecule has 1 aliphatic rings. The first-order chi connectivity index (χ1) is 15.3. The van der Waals surface area contributed by atoms with Crippen LogP contribution in [0.2, 0.25) is 0 Å². The van der Waals surface area contributed by atoms with Crippen LogP contribution in [0.15, 0.2) is 46.3 Å². The van der Waals surface area contributed by atoms with Gasteiger partial charge in [0.15, 0.2) is 15.7 Å². The van der Waals surface area contributed by atoms with E-state index >= 15 is 0 Å². The lowest BCUT2D eigenvalue weighted by Crippen LogP contribution is -2.43. The van der Waals surface area contributed by atoms with Crippen molar-refractivity contribution < 1.29 is 35.1 Å². The zero-order chi connectivity index (χ0) is 24.2. The number of fused-ring (bicyclic) bond motifs is 1. The molecule has 0 bridgehead atoms. The summed E-state index contributed by atoms with van der Waals surface area (Å²) >= 11 is 0. The van der Waals surface area contributed by atoms with Crippen molar-refractivity contribution in [1.29, 1.82) is 0 Å².